The lowest BCUT2D eigenvalue weighted by atomic mass is 9.93. The molecule has 0 saturated carbocycles. The van der Waals surface area contributed by atoms with Gasteiger partial charge in [-0.15, -0.1) is 0 Å². The first-order valence-corrected chi connectivity index (χ1v) is 10.6. The summed E-state index contributed by atoms with van der Waals surface area (Å²) in [6, 6.07) is 20.7. The van der Waals surface area contributed by atoms with E-state index in [4.69, 9.17) is 32.9 Å². The zero-order valence-corrected chi connectivity index (χ0v) is 18.0. The number of hydrogen-bond donors (Lipinski definition) is 2. The van der Waals surface area contributed by atoms with Crippen LogP contribution in [0.4, 0.5) is 0 Å². The molecule has 0 spiro atoms. The zero-order valence-electron chi connectivity index (χ0n) is 16.5. The molecule has 0 amide bonds. The van der Waals surface area contributed by atoms with E-state index in [0.29, 0.717) is 28.8 Å². The highest BCUT2D eigenvalue weighted by atomic mass is 35.5. The van der Waals surface area contributed by atoms with Crippen molar-refractivity contribution in [2.24, 2.45) is 4.99 Å². The van der Waals surface area contributed by atoms with Gasteiger partial charge in [-0.3, -0.25) is 10.3 Å². The molecule has 0 bridgehead atoms. The Labute approximate surface area is 186 Å². The van der Waals surface area contributed by atoms with Crippen molar-refractivity contribution in [3.8, 4) is 11.5 Å². The molecular formula is C24H22Cl2N2O2. The molecule has 30 heavy (non-hydrogen) atoms. The van der Waals surface area contributed by atoms with Crippen molar-refractivity contribution in [3.05, 3.63) is 93.5 Å². The Balaban J connectivity index is 1.74. The van der Waals surface area contributed by atoms with Crippen molar-refractivity contribution < 1.29 is 9.84 Å². The first-order valence-electron chi connectivity index (χ1n) is 9.84. The zero-order chi connectivity index (χ0) is 21.1. The quantitative estimate of drug-likeness (QED) is 0.487. The Morgan fingerprint density at radius 2 is 1.67 bits per heavy atom. The molecule has 0 fully saturated rings. The lowest BCUT2D eigenvalue weighted by molar-refractivity contribution is 0.313. The molecule has 0 saturated heterocycles. The lowest BCUT2D eigenvalue weighted by Gasteiger charge is -2.31. The molecule has 154 valence electrons. The number of phenolic OH excluding ortho intramolecular Hbond substituents is 1. The van der Waals surface area contributed by atoms with E-state index in [1.165, 1.54) is 0 Å². The number of benzene rings is 3. The van der Waals surface area contributed by atoms with Crippen molar-refractivity contribution in [2.45, 2.75) is 25.6 Å². The van der Waals surface area contributed by atoms with Crippen molar-refractivity contribution in [3.63, 3.8) is 0 Å². The van der Waals surface area contributed by atoms with Crippen LogP contribution in [0.2, 0.25) is 10.0 Å². The standard InChI is InChI=1S/C24H22Cl2N2O2/c1-2-30-22-5-3-4-19(23(22)29)21-14-20(15-6-10-17(25)11-7-15)27-24(28-21)16-8-12-18(26)13-9-16/h3-13,21,24,28-29H,2,14H2,1H3/t21-,24+/m0/s1. The molecule has 1 heterocycles. The molecule has 0 aromatic heterocycles. The maximum Gasteiger partial charge on any atom is 0.162 e. The fourth-order valence-corrected chi connectivity index (χ4v) is 3.88. The number of aliphatic imine (C=N–C) groups is 1. The van der Waals surface area contributed by atoms with E-state index in [1.54, 1.807) is 6.07 Å². The Kier molecular flexibility index (Phi) is 6.28. The van der Waals surface area contributed by atoms with E-state index in [2.05, 4.69) is 5.32 Å². The Morgan fingerprint density at radius 3 is 2.33 bits per heavy atom. The molecule has 4 nitrogen and oxygen atoms in total. The summed E-state index contributed by atoms with van der Waals surface area (Å²) in [5.41, 5.74) is 3.72. The van der Waals surface area contributed by atoms with Crippen LogP contribution in [0.25, 0.3) is 0 Å². The molecule has 6 heteroatoms. The van der Waals surface area contributed by atoms with Gasteiger partial charge in [-0.05, 0) is 48.4 Å². The highest BCUT2D eigenvalue weighted by molar-refractivity contribution is 6.30. The summed E-state index contributed by atoms with van der Waals surface area (Å²) in [7, 11) is 0. The van der Waals surface area contributed by atoms with E-state index < -0.39 is 0 Å². The van der Waals surface area contributed by atoms with E-state index >= 15 is 0 Å². The van der Waals surface area contributed by atoms with Gasteiger partial charge in [0.25, 0.3) is 0 Å². The molecule has 0 radical (unpaired) electrons. The van der Waals surface area contributed by atoms with E-state index in [9.17, 15) is 5.11 Å². The number of para-hydroxylation sites is 1. The van der Waals surface area contributed by atoms with E-state index in [-0.39, 0.29) is 18.0 Å². The van der Waals surface area contributed by atoms with Crippen molar-refractivity contribution in [2.75, 3.05) is 6.61 Å². The highest BCUT2D eigenvalue weighted by Crippen LogP contribution is 2.39. The van der Waals surface area contributed by atoms with Gasteiger partial charge in [0.05, 0.1) is 6.61 Å². The minimum absolute atomic E-state index is 0.144. The molecule has 4 rings (SSSR count). The normalized spacial score (nSPS) is 18.7. The summed E-state index contributed by atoms with van der Waals surface area (Å²) < 4.78 is 5.58. The van der Waals surface area contributed by atoms with Crippen LogP contribution in [0.3, 0.4) is 0 Å². The number of aromatic hydroxyl groups is 1. The average Bonchev–Trinajstić information content (AvgIpc) is 2.76. The number of rotatable bonds is 5. The molecular weight excluding hydrogens is 419 g/mol. The maximum absolute atomic E-state index is 10.8. The summed E-state index contributed by atoms with van der Waals surface area (Å²) in [6.07, 6.45) is 0.344. The van der Waals surface area contributed by atoms with Crippen LogP contribution in [-0.2, 0) is 0 Å². The van der Waals surface area contributed by atoms with Gasteiger partial charge in [-0.2, -0.15) is 0 Å². The van der Waals surface area contributed by atoms with E-state index in [0.717, 1.165) is 22.4 Å². The third-order valence-corrected chi connectivity index (χ3v) is 5.61. The number of nitrogens with one attached hydrogen (secondary N) is 1. The second kappa shape index (κ2) is 9.09. The number of halogens is 2. The van der Waals surface area contributed by atoms with Gasteiger partial charge in [0.1, 0.15) is 6.17 Å². The van der Waals surface area contributed by atoms with Gasteiger partial charge in [-0.1, -0.05) is 59.6 Å². The predicted octanol–water partition coefficient (Wildman–Crippen LogP) is 6.32. The van der Waals surface area contributed by atoms with Crippen LogP contribution in [0.1, 0.15) is 42.2 Å². The predicted molar refractivity (Wildman–Crippen MR) is 122 cm³/mol. The van der Waals surface area contributed by atoms with E-state index in [1.807, 2.05) is 67.6 Å². The number of hydrogen-bond acceptors (Lipinski definition) is 4. The monoisotopic (exact) mass is 440 g/mol. The average molecular weight is 441 g/mol. The van der Waals surface area contributed by atoms with Crippen LogP contribution in [0, 0.1) is 0 Å². The molecule has 0 unspecified atom stereocenters. The Morgan fingerprint density at radius 1 is 1.00 bits per heavy atom. The lowest BCUT2D eigenvalue weighted by Crippen LogP contribution is -2.33. The highest BCUT2D eigenvalue weighted by Gasteiger charge is 2.28. The summed E-state index contributed by atoms with van der Waals surface area (Å²) in [5.74, 6) is 0.638. The molecule has 3 aromatic rings. The maximum atomic E-state index is 10.8. The van der Waals surface area contributed by atoms with Gasteiger partial charge in [0.2, 0.25) is 0 Å². The van der Waals surface area contributed by atoms with Crippen molar-refractivity contribution in [1.29, 1.82) is 0 Å². The summed E-state index contributed by atoms with van der Waals surface area (Å²) in [5, 5.41) is 15.7. The molecule has 2 atom stereocenters. The topological polar surface area (TPSA) is 53.8 Å². The fourth-order valence-electron chi connectivity index (χ4n) is 3.63. The van der Waals surface area contributed by atoms with Crippen LogP contribution in [0.15, 0.2) is 71.7 Å². The van der Waals surface area contributed by atoms with Gasteiger partial charge < -0.3 is 9.84 Å². The first-order chi connectivity index (χ1) is 14.5. The second-order valence-electron chi connectivity index (χ2n) is 7.09. The fraction of sp³-hybridized carbons (Fsp3) is 0.208. The Hall–Kier alpha value is -2.53. The van der Waals surface area contributed by atoms with Crippen LogP contribution < -0.4 is 10.1 Å². The van der Waals surface area contributed by atoms with Crippen LogP contribution >= 0.6 is 23.2 Å². The molecule has 0 aliphatic carbocycles. The minimum atomic E-state index is -0.276. The van der Waals surface area contributed by atoms with Gasteiger partial charge in [0, 0.05) is 33.8 Å². The summed E-state index contributed by atoms with van der Waals surface area (Å²) in [4.78, 5) is 4.95. The van der Waals surface area contributed by atoms with Crippen molar-refractivity contribution >= 4 is 28.9 Å². The third-order valence-electron chi connectivity index (χ3n) is 5.11. The van der Waals surface area contributed by atoms with Crippen molar-refractivity contribution in [1.82, 2.24) is 5.32 Å². The number of phenols is 1. The summed E-state index contributed by atoms with van der Waals surface area (Å²) in [6.45, 7) is 2.38. The SMILES string of the molecule is CCOc1cccc([C@@H]2CC(c3ccc(Cl)cc3)=N[C@@H](c3ccc(Cl)cc3)N2)c1O. The number of nitrogens with zero attached hydrogens (tertiary/aromatic N) is 1. The van der Waals surface area contributed by atoms with Gasteiger partial charge >= 0.3 is 0 Å². The minimum Gasteiger partial charge on any atom is -0.504 e. The van der Waals surface area contributed by atoms with Gasteiger partial charge in [-0.25, -0.2) is 0 Å². The number of ether oxygens (including phenoxy) is 1. The van der Waals surface area contributed by atoms with Gasteiger partial charge in [0.15, 0.2) is 11.5 Å². The molecule has 1 aliphatic rings. The van der Waals surface area contributed by atoms with Crippen LogP contribution in [-0.4, -0.2) is 17.4 Å². The smallest absolute Gasteiger partial charge is 0.162 e. The molecule has 2 N–H and O–H groups in total. The molecule has 3 aromatic carbocycles. The molecule has 1 aliphatic heterocycles. The Bertz CT molecular complexity index is 1050. The second-order valence-corrected chi connectivity index (χ2v) is 7.96. The third kappa shape index (κ3) is 4.46. The summed E-state index contributed by atoms with van der Waals surface area (Å²) >= 11 is 12.1. The largest absolute Gasteiger partial charge is 0.504 e. The first kappa shape index (κ1) is 20.7. The van der Waals surface area contributed by atoms with Crippen LogP contribution in [0.5, 0.6) is 11.5 Å².